The van der Waals surface area contributed by atoms with Crippen LogP contribution >= 0.6 is 24.0 Å². The first kappa shape index (κ1) is 23.0. The van der Waals surface area contributed by atoms with E-state index in [0.29, 0.717) is 6.54 Å². The lowest BCUT2D eigenvalue weighted by atomic mass is 10.2. The fraction of sp³-hybridized carbons (Fsp3) is 0.611. The maximum atomic E-state index is 5.96. The second-order valence-electron chi connectivity index (χ2n) is 5.60. The monoisotopic (exact) mass is 448 g/mol. The molecule has 1 atom stereocenters. The van der Waals surface area contributed by atoms with Crippen LogP contribution in [0.3, 0.4) is 0 Å². The second kappa shape index (κ2) is 13.3. The Morgan fingerprint density at radius 3 is 2.46 bits per heavy atom. The summed E-state index contributed by atoms with van der Waals surface area (Å²) in [6.45, 7) is 13.2. The van der Waals surface area contributed by atoms with E-state index < -0.39 is 0 Å². The largest absolute Gasteiger partial charge is 0.489 e. The number of aryl methyl sites for hydroxylation is 1. The number of ether oxygens (including phenoxy) is 1. The van der Waals surface area contributed by atoms with Crippen molar-refractivity contribution < 1.29 is 4.74 Å². The molecule has 24 heavy (non-hydrogen) atoms. The number of para-hydroxylation sites is 1. The Bertz CT molecular complexity index is 478. The average Bonchev–Trinajstić information content (AvgIpc) is 2.56. The second-order valence-corrected chi connectivity index (χ2v) is 5.60. The smallest absolute Gasteiger partial charge is 0.191 e. The maximum absolute atomic E-state index is 5.96. The molecule has 0 amide bonds. The predicted octanol–water partition coefficient (Wildman–Crippen LogP) is 2.89. The molecule has 0 saturated heterocycles. The van der Waals surface area contributed by atoms with E-state index in [-0.39, 0.29) is 30.1 Å². The molecular formula is C18H33IN4O. The van der Waals surface area contributed by atoms with Gasteiger partial charge in [-0.2, -0.15) is 0 Å². The van der Waals surface area contributed by atoms with E-state index in [1.165, 1.54) is 0 Å². The molecular weight excluding hydrogens is 415 g/mol. The van der Waals surface area contributed by atoms with Gasteiger partial charge in [0.25, 0.3) is 0 Å². The number of hydrogen-bond donors (Lipinski definition) is 2. The fourth-order valence-corrected chi connectivity index (χ4v) is 2.28. The van der Waals surface area contributed by atoms with Crippen LogP contribution < -0.4 is 15.4 Å². The van der Waals surface area contributed by atoms with E-state index in [1.807, 2.05) is 18.2 Å². The van der Waals surface area contributed by atoms with Crippen molar-refractivity contribution in [3.05, 3.63) is 29.8 Å². The van der Waals surface area contributed by atoms with Crippen molar-refractivity contribution in [2.24, 2.45) is 4.99 Å². The van der Waals surface area contributed by atoms with Crippen molar-refractivity contribution in [3.63, 3.8) is 0 Å². The van der Waals surface area contributed by atoms with Crippen molar-refractivity contribution in [1.29, 1.82) is 0 Å². The highest BCUT2D eigenvalue weighted by Crippen LogP contribution is 2.17. The fourth-order valence-electron chi connectivity index (χ4n) is 2.28. The summed E-state index contributed by atoms with van der Waals surface area (Å²) < 4.78 is 5.96. The SMILES string of the molecule is CCN(CC)CCNC(=NC)NCC(C)Oc1ccccc1C.I. The van der Waals surface area contributed by atoms with E-state index >= 15 is 0 Å². The summed E-state index contributed by atoms with van der Waals surface area (Å²) in [7, 11) is 1.79. The molecule has 138 valence electrons. The number of benzene rings is 1. The topological polar surface area (TPSA) is 48.9 Å². The van der Waals surface area contributed by atoms with Gasteiger partial charge >= 0.3 is 0 Å². The van der Waals surface area contributed by atoms with Crippen molar-refractivity contribution in [3.8, 4) is 5.75 Å². The Morgan fingerprint density at radius 1 is 1.21 bits per heavy atom. The molecule has 1 aromatic rings. The van der Waals surface area contributed by atoms with Crippen LogP contribution in [0.25, 0.3) is 0 Å². The minimum atomic E-state index is 0. The summed E-state index contributed by atoms with van der Waals surface area (Å²) in [6.07, 6.45) is 0.0671. The van der Waals surface area contributed by atoms with Gasteiger partial charge in [0, 0.05) is 20.1 Å². The zero-order chi connectivity index (χ0) is 17.1. The zero-order valence-corrected chi connectivity index (χ0v) is 18.0. The molecule has 0 aliphatic heterocycles. The average molecular weight is 448 g/mol. The number of halogens is 1. The highest BCUT2D eigenvalue weighted by molar-refractivity contribution is 14.0. The zero-order valence-electron chi connectivity index (χ0n) is 15.6. The quantitative estimate of drug-likeness (QED) is 0.347. The normalized spacial score (nSPS) is 12.5. The number of hydrogen-bond acceptors (Lipinski definition) is 3. The lowest BCUT2D eigenvalue weighted by Gasteiger charge is -2.21. The summed E-state index contributed by atoms with van der Waals surface area (Å²) in [5.74, 6) is 1.75. The van der Waals surface area contributed by atoms with Crippen molar-refractivity contribution in [1.82, 2.24) is 15.5 Å². The van der Waals surface area contributed by atoms with E-state index in [0.717, 1.165) is 43.5 Å². The molecule has 0 bridgehead atoms. The standard InChI is InChI=1S/C18H32N4O.HI/c1-6-22(7-2)13-12-20-18(19-5)21-14-16(4)23-17-11-9-8-10-15(17)3;/h8-11,16H,6-7,12-14H2,1-5H3,(H2,19,20,21);1H. The van der Waals surface area contributed by atoms with Crippen LogP contribution in [-0.2, 0) is 0 Å². The summed E-state index contributed by atoms with van der Waals surface area (Å²) in [4.78, 5) is 6.63. The van der Waals surface area contributed by atoms with Gasteiger partial charge in [0.1, 0.15) is 11.9 Å². The number of nitrogens with zero attached hydrogens (tertiary/aromatic N) is 2. The highest BCUT2D eigenvalue weighted by Gasteiger charge is 2.07. The molecule has 0 aliphatic carbocycles. The lowest BCUT2D eigenvalue weighted by Crippen LogP contribution is -2.44. The Kier molecular flexibility index (Phi) is 12.7. The van der Waals surface area contributed by atoms with Gasteiger partial charge in [0.15, 0.2) is 5.96 Å². The Hall–Kier alpha value is -1.02. The molecule has 0 aliphatic rings. The molecule has 6 heteroatoms. The number of nitrogens with one attached hydrogen (secondary N) is 2. The molecule has 0 spiro atoms. The molecule has 5 nitrogen and oxygen atoms in total. The van der Waals surface area contributed by atoms with Crippen molar-refractivity contribution in [2.75, 3.05) is 39.8 Å². The molecule has 0 aromatic heterocycles. The molecule has 1 rings (SSSR count). The van der Waals surface area contributed by atoms with Gasteiger partial charge in [-0.15, -0.1) is 24.0 Å². The molecule has 0 heterocycles. The van der Waals surface area contributed by atoms with Gasteiger partial charge in [-0.3, -0.25) is 4.99 Å². The van der Waals surface area contributed by atoms with Crippen LogP contribution in [0.2, 0.25) is 0 Å². The van der Waals surface area contributed by atoms with Gasteiger partial charge in [0.2, 0.25) is 0 Å². The predicted molar refractivity (Wildman–Crippen MR) is 114 cm³/mol. The van der Waals surface area contributed by atoms with Crippen molar-refractivity contribution in [2.45, 2.75) is 33.8 Å². The first-order valence-corrected chi connectivity index (χ1v) is 8.49. The lowest BCUT2D eigenvalue weighted by molar-refractivity contribution is 0.222. The van der Waals surface area contributed by atoms with Gasteiger partial charge in [0.05, 0.1) is 6.54 Å². The molecule has 2 N–H and O–H groups in total. The van der Waals surface area contributed by atoms with Gasteiger partial charge in [-0.05, 0) is 38.6 Å². The minimum Gasteiger partial charge on any atom is -0.489 e. The van der Waals surface area contributed by atoms with Crippen molar-refractivity contribution >= 4 is 29.9 Å². The van der Waals surface area contributed by atoms with E-state index in [9.17, 15) is 0 Å². The van der Waals surface area contributed by atoms with Crippen LogP contribution in [0.1, 0.15) is 26.3 Å². The summed E-state index contributed by atoms with van der Waals surface area (Å²) >= 11 is 0. The van der Waals surface area contributed by atoms with E-state index in [2.05, 4.69) is 54.3 Å². The van der Waals surface area contributed by atoms with E-state index in [1.54, 1.807) is 7.05 Å². The van der Waals surface area contributed by atoms with Crippen LogP contribution in [0.15, 0.2) is 29.3 Å². The molecule has 0 radical (unpaired) electrons. The van der Waals surface area contributed by atoms with Crippen LogP contribution in [0.5, 0.6) is 5.75 Å². The van der Waals surface area contributed by atoms with E-state index in [4.69, 9.17) is 4.74 Å². The number of aliphatic imine (C=N–C) groups is 1. The highest BCUT2D eigenvalue weighted by atomic mass is 127. The number of likely N-dealkylation sites (N-methyl/N-ethyl adjacent to an activating group) is 1. The third kappa shape index (κ3) is 8.73. The molecule has 1 unspecified atom stereocenters. The molecule has 0 saturated carbocycles. The van der Waals surface area contributed by atoms with Gasteiger partial charge < -0.3 is 20.3 Å². The third-order valence-corrected chi connectivity index (χ3v) is 3.82. The van der Waals surface area contributed by atoms with Gasteiger partial charge in [-0.1, -0.05) is 32.0 Å². The Morgan fingerprint density at radius 2 is 1.88 bits per heavy atom. The summed E-state index contributed by atoms with van der Waals surface area (Å²) in [5.41, 5.74) is 1.15. The number of rotatable bonds is 9. The molecule has 0 fully saturated rings. The van der Waals surface area contributed by atoms with Crippen LogP contribution in [0, 0.1) is 6.92 Å². The van der Waals surface area contributed by atoms with Crippen LogP contribution in [-0.4, -0.2) is 56.7 Å². The first-order chi connectivity index (χ1) is 11.1. The minimum absolute atomic E-state index is 0. The summed E-state index contributed by atoms with van der Waals surface area (Å²) in [5, 5.41) is 6.65. The van der Waals surface area contributed by atoms with Gasteiger partial charge in [-0.25, -0.2) is 0 Å². The number of guanidine groups is 1. The van der Waals surface area contributed by atoms with Crippen LogP contribution in [0.4, 0.5) is 0 Å². The Labute approximate surface area is 164 Å². The summed E-state index contributed by atoms with van der Waals surface area (Å²) in [6, 6.07) is 8.08. The first-order valence-electron chi connectivity index (χ1n) is 8.49. The third-order valence-electron chi connectivity index (χ3n) is 3.82. The molecule has 1 aromatic carbocycles. The Balaban J connectivity index is 0.00000529. The maximum Gasteiger partial charge on any atom is 0.191 e.